The zero-order valence-electron chi connectivity index (χ0n) is 29.5. The quantitative estimate of drug-likeness (QED) is 0.126. The molecule has 270 valence electrons. The Balaban J connectivity index is 1.07. The first-order valence-corrected chi connectivity index (χ1v) is 19.1. The number of benzene rings is 4. The van der Waals surface area contributed by atoms with E-state index >= 15 is 0 Å². The van der Waals surface area contributed by atoms with Crippen molar-refractivity contribution in [3.05, 3.63) is 93.0 Å². The summed E-state index contributed by atoms with van der Waals surface area (Å²) in [6.45, 7) is 1.49. The lowest BCUT2D eigenvalue weighted by molar-refractivity contribution is -0.120. The van der Waals surface area contributed by atoms with Crippen LogP contribution in [0.25, 0.3) is 33.4 Å². The first-order chi connectivity index (χ1) is 25.3. The minimum absolute atomic E-state index is 0.132. The Kier molecular flexibility index (Phi) is 9.92. The number of carbonyl (C=O) groups is 2. The predicted molar refractivity (Wildman–Crippen MR) is 206 cm³/mol. The second kappa shape index (κ2) is 14.7. The highest BCUT2D eigenvalue weighted by atomic mass is 35.5. The van der Waals surface area contributed by atoms with E-state index in [-0.39, 0.29) is 36.0 Å². The molecule has 2 saturated heterocycles. The van der Waals surface area contributed by atoms with Crippen LogP contribution in [0.5, 0.6) is 11.5 Å². The molecule has 0 saturated carbocycles. The van der Waals surface area contributed by atoms with Crippen LogP contribution in [-0.2, 0) is 22.4 Å². The molecule has 2 fully saturated rings. The zero-order chi connectivity index (χ0) is 35.9. The summed E-state index contributed by atoms with van der Waals surface area (Å²) in [5, 5.41) is 14.7. The Morgan fingerprint density at radius 3 is 1.42 bits per heavy atom. The van der Waals surface area contributed by atoms with E-state index in [4.69, 9.17) is 32.7 Å². The van der Waals surface area contributed by atoms with Gasteiger partial charge in [0.1, 0.15) is 11.5 Å². The van der Waals surface area contributed by atoms with Crippen LogP contribution >= 0.6 is 23.2 Å². The molecule has 4 aliphatic rings. The third-order valence-corrected chi connectivity index (χ3v) is 12.1. The second-order valence-corrected chi connectivity index (χ2v) is 15.2. The van der Waals surface area contributed by atoms with Crippen LogP contribution in [0.1, 0.15) is 72.9 Å². The van der Waals surface area contributed by atoms with Gasteiger partial charge in [-0.05, 0) is 72.9 Å². The van der Waals surface area contributed by atoms with E-state index in [9.17, 15) is 9.59 Å². The average molecular weight is 740 g/mol. The van der Waals surface area contributed by atoms with E-state index in [1.54, 1.807) is 14.2 Å². The van der Waals surface area contributed by atoms with E-state index in [0.717, 1.165) is 96.5 Å². The van der Waals surface area contributed by atoms with Crippen LogP contribution in [0, 0.1) is 0 Å². The Morgan fingerprint density at radius 1 is 0.615 bits per heavy atom. The van der Waals surface area contributed by atoms with E-state index < -0.39 is 0 Å². The molecular weight excluding hydrogens is 695 g/mol. The number of halogens is 2. The minimum Gasteiger partial charge on any atom is -0.496 e. The number of rotatable bonds is 11. The van der Waals surface area contributed by atoms with Gasteiger partial charge < -0.3 is 30.7 Å². The van der Waals surface area contributed by atoms with Crippen LogP contribution < -0.4 is 30.7 Å². The second-order valence-electron chi connectivity index (χ2n) is 14.4. The maximum atomic E-state index is 11.7. The molecule has 4 atom stereocenters. The molecule has 2 unspecified atom stereocenters. The third-order valence-electron chi connectivity index (χ3n) is 11.3. The average Bonchev–Trinajstić information content (AvgIpc) is 3.96. The monoisotopic (exact) mass is 738 g/mol. The molecule has 0 aromatic heterocycles. The van der Waals surface area contributed by atoms with Crippen molar-refractivity contribution in [1.82, 2.24) is 21.3 Å². The molecule has 0 radical (unpaired) electrons. The molecule has 4 aromatic carbocycles. The van der Waals surface area contributed by atoms with E-state index in [0.29, 0.717) is 22.9 Å². The van der Waals surface area contributed by atoms with E-state index in [1.807, 2.05) is 24.3 Å². The molecular formula is C42H44Cl2N4O4. The maximum Gasteiger partial charge on any atom is 0.220 e. The number of ether oxygens (including phenoxy) is 2. The number of fused-ring (bicyclic) bond motifs is 2. The first kappa shape index (κ1) is 35.0. The summed E-state index contributed by atoms with van der Waals surface area (Å²) >= 11 is 14.6. The number of amides is 2. The van der Waals surface area contributed by atoms with Gasteiger partial charge in [0.15, 0.2) is 0 Å². The number of hydrogen-bond donors (Lipinski definition) is 4. The van der Waals surface area contributed by atoms with Crippen molar-refractivity contribution in [3.8, 4) is 44.9 Å². The van der Waals surface area contributed by atoms with Gasteiger partial charge in [0.05, 0.1) is 24.3 Å². The molecule has 4 aromatic rings. The van der Waals surface area contributed by atoms with Crippen LogP contribution in [-0.4, -0.2) is 51.2 Å². The lowest BCUT2D eigenvalue weighted by Gasteiger charge is -2.21. The maximum absolute atomic E-state index is 11.7. The fourth-order valence-corrected chi connectivity index (χ4v) is 9.35. The van der Waals surface area contributed by atoms with Crippen molar-refractivity contribution in [2.75, 3.05) is 27.3 Å². The third kappa shape index (κ3) is 6.66. The lowest BCUT2D eigenvalue weighted by Crippen LogP contribution is -2.36. The zero-order valence-corrected chi connectivity index (χ0v) is 31.1. The van der Waals surface area contributed by atoms with Gasteiger partial charge in [0.25, 0.3) is 0 Å². The number of hydrogen-bond acceptors (Lipinski definition) is 6. The van der Waals surface area contributed by atoms with Crippen molar-refractivity contribution in [3.63, 3.8) is 0 Å². The van der Waals surface area contributed by atoms with Crippen molar-refractivity contribution in [1.29, 1.82) is 0 Å². The first-order valence-electron chi connectivity index (χ1n) is 18.4. The van der Waals surface area contributed by atoms with E-state index in [1.165, 1.54) is 22.3 Å². The summed E-state index contributed by atoms with van der Waals surface area (Å²) in [6.07, 6.45) is 6.73. The molecule has 8 rings (SSSR count). The van der Waals surface area contributed by atoms with Crippen molar-refractivity contribution in [2.24, 2.45) is 0 Å². The summed E-state index contributed by atoms with van der Waals surface area (Å²) in [7, 11) is 3.44. The van der Waals surface area contributed by atoms with Gasteiger partial charge in [-0.25, -0.2) is 0 Å². The van der Waals surface area contributed by atoms with E-state index in [2.05, 4.69) is 57.7 Å². The van der Waals surface area contributed by atoms with Crippen LogP contribution in [0.2, 0.25) is 10.0 Å². The van der Waals surface area contributed by atoms with Gasteiger partial charge >= 0.3 is 0 Å². The standard InChI is InChI=1S/C42H44Cl2N4O4/c1-51-35-19-25(17-23-9-13-33(39(23)35)45-21-27-11-15-37(49)47-27)29-5-3-7-31(41(29)43)32-8-4-6-30(42(32)44)26-18-24-10-14-34(40(24)36(20-26)52-2)46-22-28-12-16-38(50)48-28/h3-8,17-20,27-28,33-34,45-46H,9-16,21-22H2,1-2H3,(H,47,49)(H,48,50)/t27-,28?,33+,34?/m1/s1. The van der Waals surface area contributed by atoms with Crippen LogP contribution in [0.4, 0.5) is 0 Å². The fraction of sp³-hybridized carbons (Fsp3) is 0.381. The highest BCUT2D eigenvalue weighted by Crippen LogP contribution is 2.47. The smallest absolute Gasteiger partial charge is 0.220 e. The highest BCUT2D eigenvalue weighted by Gasteiger charge is 2.31. The topological polar surface area (TPSA) is 101 Å². The summed E-state index contributed by atoms with van der Waals surface area (Å²) in [5.41, 5.74) is 10.4. The number of nitrogens with one attached hydrogen (secondary N) is 4. The highest BCUT2D eigenvalue weighted by molar-refractivity contribution is 6.39. The molecule has 2 amide bonds. The van der Waals surface area contributed by atoms with Gasteiger partial charge in [-0.1, -0.05) is 71.7 Å². The van der Waals surface area contributed by atoms with Crippen LogP contribution in [0.15, 0.2) is 60.7 Å². The van der Waals surface area contributed by atoms with Gasteiger partial charge in [0.2, 0.25) is 11.8 Å². The largest absolute Gasteiger partial charge is 0.496 e. The molecule has 52 heavy (non-hydrogen) atoms. The van der Waals surface area contributed by atoms with Crippen molar-refractivity contribution >= 4 is 35.0 Å². The Bertz CT molecular complexity index is 1910. The summed E-state index contributed by atoms with van der Waals surface area (Å²) < 4.78 is 11.9. The SMILES string of the molecule is COc1cc(-c2cccc(-c3cccc(-c4cc5c(c(OC)c4)[C@@H](NC[C@H]4CCC(=O)N4)CC5)c3Cl)c2Cl)cc2c1C(NCC1CCC(=O)N1)CC2. The molecule has 2 heterocycles. The molecule has 8 nitrogen and oxygen atoms in total. The fourth-order valence-electron chi connectivity index (χ4n) is 8.67. The molecule has 2 aliphatic carbocycles. The van der Waals surface area contributed by atoms with Crippen LogP contribution in [0.3, 0.4) is 0 Å². The summed E-state index contributed by atoms with van der Waals surface area (Å²) in [4.78, 5) is 23.4. The molecule has 0 spiro atoms. The minimum atomic E-state index is 0.132. The number of carbonyl (C=O) groups excluding carboxylic acids is 2. The number of methoxy groups -OCH3 is 2. The van der Waals surface area contributed by atoms with Crippen molar-refractivity contribution in [2.45, 2.75) is 75.5 Å². The van der Waals surface area contributed by atoms with Crippen molar-refractivity contribution < 1.29 is 19.1 Å². The Hall–Kier alpha value is -4.08. The molecule has 2 aliphatic heterocycles. The van der Waals surface area contributed by atoms with Gasteiger partial charge in [-0.3, -0.25) is 9.59 Å². The number of aryl methyl sites for hydroxylation is 2. The van der Waals surface area contributed by atoms with Gasteiger partial charge in [-0.15, -0.1) is 0 Å². The molecule has 4 N–H and O–H groups in total. The summed E-state index contributed by atoms with van der Waals surface area (Å²) in [6, 6.07) is 21.5. The Morgan fingerprint density at radius 2 is 1.04 bits per heavy atom. The van der Waals surface area contributed by atoms with Gasteiger partial charge in [0, 0.05) is 83.5 Å². The summed E-state index contributed by atoms with van der Waals surface area (Å²) in [5.74, 6) is 1.94. The molecule has 10 heteroatoms. The lowest BCUT2D eigenvalue weighted by atomic mass is 9.93. The Labute approximate surface area is 315 Å². The normalized spacial score (nSPS) is 21.9. The van der Waals surface area contributed by atoms with Gasteiger partial charge in [-0.2, -0.15) is 0 Å². The molecule has 0 bridgehead atoms. The predicted octanol–water partition coefficient (Wildman–Crippen LogP) is 7.72.